The second-order valence-electron chi connectivity index (χ2n) is 7.16. The van der Waals surface area contributed by atoms with Crippen molar-refractivity contribution in [2.24, 2.45) is 0 Å². The Morgan fingerprint density at radius 1 is 1.34 bits per heavy atom. The second-order valence-corrected chi connectivity index (χ2v) is 8.28. The number of halogens is 1. The van der Waals surface area contributed by atoms with Crippen LogP contribution in [-0.2, 0) is 11.4 Å². The fourth-order valence-corrected chi connectivity index (χ4v) is 4.23. The molecule has 1 unspecified atom stereocenters. The molecule has 3 N–H and O–H groups in total. The van der Waals surface area contributed by atoms with Crippen LogP contribution in [0.5, 0.6) is 0 Å². The van der Waals surface area contributed by atoms with Crippen LogP contribution in [0.25, 0.3) is 5.57 Å². The third-order valence-electron chi connectivity index (χ3n) is 5.04. The molecule has 1 aromatic carbocycles. The fraction of sp³-hybridized carbons (Fsp3) is 0.364. The molecule has 154 valence electrons. The molecule has 7 heteroatoms. The summed E-state index contributed by atoms with van der Waals surface area (Å²) in [7, 11) is 1.86. The van der Waals surface area contributed by atoms with E-state index in [2.05, 4.69) is 15.6 Å². The Morgan fingerprint density at radius 3 is 2.79 bits per heavy atom. The van der Waals surface area contributed by atoms with Crippen molar-refractivity contribution in [2.75, 3.05) is 13.6 Å². The molecule has 0 aliphatic heterocycles. The van der Waals surface area contributed by atoms with E-state index in [9.17, 15) is 14.3 Å². The number of hydrogen-bond acceptors (Lipinski definition) is 5. The maximum absolute atomic E-state index is 13.9. The summed E-state index contributed by atoms with van der Waals surface area (Å²) >= 11 is 1.43. The van der Waals surface area contributed by atoms with Crippen LogP contribution in [0.1, 0.15) is 45.6 Å². The molecule has 3 rings (SSSR count). The molecule has 1 aliphatic carbocycles. The number of aliphatic hydroxyl groups excluding tert-OH is 1. The molecular formula is C22H26FN3O2S. The average Bonchev–Trinajstić information content (AvgIpc) is 3.34. The van der Waals surface area contributed by atoms with Crippen molar-refractivity contribution in [3.8, 4) is 0 Å². The molecular weight excluding hydrogens is 389 g/mol. The molecule has 1 aliphatic rings. The lowest BCUT2D eigenvalue weighted by molar-refractivity contribution is -0.118. The van der Waals surface area contributed by atoms with Crippen molar-refractivity contribution in [2.45, 2.75) is 39.3 Å². The van der Waals surface area contributed by atoms with Gasteiger partial charge < -0.3 is 15.7 Å². The van der Waals surface area contributed by atoms with Crippen LogP contribution in [0.4, 0.5) is 4.39 Å². The number of hydrogen-bond donors (Lipinski definition) is 3. The minimum absolute atomic E-state index is 0.0538. The standard InChI is InChI=1S/C22H26FN3O2S/c1-13-4-5-16(11-18(13)23)15-6-7-17(10-15)21(28)26-19(8-9-24-3)22-25-14(2)20(12-27)29-22/h4-7,11,19,24,27H,8-10,12H2,1-3H3,(H,26,28). The number of nitrogens with one attached hydrogen (secondary N) is 2. The summed E-state index contributed by atoms with van der Waals surface area (Å²) in [6.45, 7) is 4.26. The number of amides is 1. The normalized spacial score (nSPS) is 14.5. The van der Waals surface area contributed by atoms with E-state index in [1.165, 1.54) is 17.4 Å². The Hall–Kier alpha value is -2.35. The smallest absolute Gasteiger partial charge is 0.248 e. The number of allylic oxidation sites excluding steroid dienone is 3. The lowest BCUT2D eigenvalue weighted by Gasteiger charge is -2.17. The molecule has 2 aromatic rings. The number of aryl methyl sites for hydroxylation is 2. The van der Waals surface area contributed by atoms with E-state index < -0.39 is 0 Å². The summed E-state index contributed by atoms with van der Waals surface area (Å²) in [6, 6.07) is 4.91. The molecule has 29 heavy (non-hydrogen) atoms. The minimum atomic E-state index is -0.243. The molecule has 1 amide bonds. The van der Waals surface area contributed by atoms with Gasteiger partial charge in [0.25, 0.3) is 0 Å². The second kappa shape index (κ2) is 9.43. The fourth-order valence-electron chi connectivity index (χ4n) is 3.21. The Balaban J connectivity index is 1.69. The molecule has 5 nitrogen and oxygen atoms in total. The summed E-state index contributed by atoms with van der Waals surface area (Å²) < 4.78 is 13.9. The lowest BCUT2D eigenvalue weighted by atomic mass is 10.0. The van der Waals surface area contributed by atoms with Crippen molar-refractivity contribution in [1.82, 2.24) is 15.6 Å². The zero-order valence-corrected chi connectivity index (χ0v) is 17.7. The summed E-state index contributed by atoms with van der Waals surface area (Å²) in [5, 5.41) is 16.4. The molecule has 0 spiro atoms. The van der Waals surface area contributed by atoms with E-state index in [-0.39, 0.29) is 24.4 Å². The van der Waals surface area contributed by atoms with E-state index in [0.717, 1.165) is 33.3 Å². The first-order valence-electron chi connectivity index (χ1n) is 9.61. The molecule has 0 saturated heterocycles. The highest BCUT2D eigenvalue weighted by Gasteiger charge is 2.23. The van der Waals surface area contributed by atoms with Crippen LogP contribution in [0.2, 0.25) is 0 Å². The van der Waals surface area contributed by atoms with Crippen LogP contribution in [0, 0.1) is 19.7 Å². The molecule has 1 aromatic heterocycles. The Kier molecular flexibility index (Phi) is 6.95. The highest BCUT2D eigenvalue weighted by Crippen LogP contribution is 2.31. The van der Waals surface area contributed by atoms with Gasteiger partial charge in [-0.25, -0.2) is 9.37 Å². The Bertz CT molecular complexity index is 965. The van der Waals surface area contributed by atoms with Crippen LogP contribution in [-0.4, -0.2) is 29.6 Å². The highest BCUT2D eigenvalue weighted by atomic mass is 32.1. The summed E-state index contributed by atoms with van der Waals surface area (Å²) in [6.07, 6.45) is 4.82. The number of thiazole rings is 1. The predicted molar refractivity (Wildman–Crippen MR) is 114 cm³/mol. The summed E-state index contributed by atoms with van der Waals surface area (Å²) in [5.41, 5.74) is 3.76. The SMILES string of the molecule is CNCCC(NC(=O)C1=CC=C(c2ccc(C)c(F)c2)C1)c1nc(C)c(CO)s1. The van der Waals surface area contributed by atoms with Gasteiger partial charge in [-0.05, 0) is 56.6 Å². The zero-order chi connectivity index (χ0) is 21.0. The van der Waals surface area contributed by atoms with Gasteiger partial charge in [0.15, 0.2) is 0 Å². The molecule has 0 saturated carbocycles. The van der Waals surface area contributed by atoms with Crippen molar-refractivity contribution < 1.29 is 14.3 Å². The van der Waals surface area contributed by atoms with Crippen molar-refractivity contribution >= 4 is 22.8 Å². The monoisotopic (exact) mass is 415 g/mol. The topological polar surface area (TPSA) is 74.2 Å². The van der Waals surface area contributed by atoms with E-state index in [1.807, 2.05) is 26.1 Å². The third kappa shape index (κ3) is 4.98. The van der Waals surface area contributed by atoms with Crippen molar-refractivity contribution in [3.63, 3.8) is 0 Å². The zero-order valence-electron chi connectivity index (χ0n) is 16.9. The van der Waals surface area contributed by atoms with Gasteiger partial charge in [-0.1, -0.05) is 24.3 Å². The number of aromatic nitrogens is 1. The van der Waals surface area contributed by atoms with E-state index in [4.69, 9.17) is 0 Å². The van der Waals surface area contributed by atoms with Gasteiger partial charge in [0.2, 0.25) is 5.91 Å². The van der Waals surface area contributed by atoms with E-state index in [0.29, 0.717) is 24.0 Å². The van der Waals surface area contributed by atoms with Crippen LogP contribution < -0.4 is 10.6 Å². The third-order valence-corrected chi connectivity index (χ3v) is 6.30. The van der Waals surface area contributed by atoms with Gasteiger partial charge in [0.1, 0.15) is 10.8 Å². The first-order chi connectivity index (χ1) is 13.9. The molecule has 1 heterocycles. The quantitative estimate of drug-likeness (QED) is 0.616. The van der Waals surface area contributed by atoms with Gasteiger partial charge in [-0.3, -0.25) is 4.79 Å². The van der Waals surface area contributed by atoms with Crippen molar-refractivity contribution in [1.29, 1.82) is 0 Å². The number of carbonyl (C=O) groups is 1. The van der Waals surface area contributed by atoms with Gasteiger partial charge >= 0.3 is 0 Å². The van der Waals surface area contributed by atoms with Crippen LogP contribution >= 0.6 is 11.3 Å². The lowest BCUT2D eigenvalue weighted by Crippen LogP contribution is -2.31. The Morgan fingerprint density at radius 2 is 2.14 bits per heavy atom. The Labute approximate surface area is 174 Å². The maximum Gasteiger partial charge on any atom is 0.248 e. The predicted octanol–water partition coefficient (Wildman–Crippen LogP) is 3.57. The first kappa shape index (κ1) is 21.4. The highest BCUT2D eigenvalue weighted by molar-refractivity contribution is 7.11. The van der Waals surface area contributed by atoms with Crippen molar-refractivity contribution in [3.05, 3.63) is 68.4 Å². The van der Waals surface area contributed by atoms with Gasteiger partial charge in [0, 0.05) is 12.0 Å². The summed E-state index contributed by atoms with van der Waals surface area (Å²) in [4.78, 5) is 18.2. The first-order valence-corrected chi connectivity index (χ1v) is 10.4. The van der Waals surface area contributed by atoms with Gasteiger partial charge in [0.05, 0.1) is 23.2 Å². The average molecular weight is 416 g/mol. The molecule has 0 radical (unpaired) electrons. The maximum atomic E-state index is 13.9. The largest absolute Gasteiger partial charge is 0.391 e. The van der Waals surface area contributed by atoms with Crippen LogP contribution in [0.3, 0.4) is 0 Å². The number of nitrogens with zero attached hydrogens (tertiary/aromatic N) is 1. The minimum Gasteiger partial charge on any atom is -0.391 e. The number of rotatable bonds is 8. The number of benzene rings is 1. The van der Waals surface area contributed by atoms with Gasteiger partial charge in [-0.15, -0.1) is 11.3 Å². The molecule has 1 atom stereocenters. The van der Waals surface area contributed by atoms with E-state index >= 15 is 0 Å². The van der Waals surface area contributed by atoms with Gasteiger partial charge in [-0.2, -0.15) is 0 Å². The molecule has 0 bridgehead atoms. The van der Waals surface area contributed by atoms with E-state index in [1.54, 1.807) is 19.1 Å². The van der Waals surface area contributed by atoms with Crippen LogP contribution in [0.15, 0.2) is 35.9 Å². The molecule has 0 fully saturated rings. The number of aliphatic hydroxyl groups is 1. The summed E-state index contributed by atoms with van der Waals surface area (Å²) in [5.74, 6) is -0.393. The number of carbonyl (C=O) groups excluding carboxylic acids is 1.